The van der Waals surface area contributed by atoms with Crippen molar-refractivity contribution in [1.29, 1.82) is 0 Å². The number of hydrogen-bond acceptors (Lipinski definition) is 3. The monoisotopic (exact) mass is 355 g/mol. The van der Waals surface area contributed by atoms with E-state index in [4.69, 9.17) is 17.0 Å². The number of thiocarbonyl (C=S) groups is 1. The maximum absolute atomic E-state index is 5.42. The zero-order valence-corrected chi connectivity index (χ0v) is 15.7. The zero-order valence-electron chi connectivity index (χ0n) is 14.8. The molecule has 0 aromatic heterocycles. The van der Waals surface area contributed by atoms with Crippen molar-refractivity contribution in [2.75, 3.05) is 36.5 Å². The second-order valence-electron chi connectivity index (χ2n) is 6.39. The fraction of sp³-hybridized carbons (Fsp3) is 0.350. The largest absolute Gasteiger partial charge is 0.378 e. The van der Waals surface area contributed by atoms with Crippen LogP contribution in [0, 0.1) is 13.8 Å². The van der Waals surface area contributed by atoms with Gasteiger partial charge in [0, 0.05) is 31.0 Å². The molecule has 1 aliphatic heterocycles. The van der Waals surface area contributed by atoms with Crippen LogP contribution in [0.4, 0.5) is 11.4 Å². The predicted molar refractivity (Wildman–Crippen MR) is 108 cm³/mol. The molecule has 2 N–H and O–H groups in total. The fourth-order valence-electron chi connectivity index (χ4n) is 2.87. The Hall–Kier alpha value is -2.11. The molecular weight excluding hydrogens is 330 g/mol. The van der Waals surface area contributed by atoms with Gasteiger partial charge in [-0.1, -0.05) is 24.3 Å². The van der Waals surface area contributed by atoms with E-state index in [1.54, 1.807) is 0 Å². The van der Waals surface area contributed by atoms with Gasteiger partial charge in [0.25, 0.3) is 0 Å². The number of hydrogen-bond donors (Lipinski definition) is 2. The summed E-state index contributed by atoms with van der Waals surface area (Å²) < 4.78 is 5.40. The highest BCUT2D eigenvalue weighted by Crippen LogP contribution is 2.18. The molecule has 25 heavy (non-hydrogen) atoms. The normalized spacial score (nSPS) is 14.2. The van der Waals surface area contributed by atoms with Crippen LogP contribution < -0.4 is 15.5 Å². The Morgan fingerprint density at radius 2 is 1.80 bits per heavy atom. The summed E-state index contributed by atoms with van der Waals surface area (Å²) in [6.07, 6.45) is 0. The third-order valence-electron chi connectivity index (χ3n) is 4.41. The maximum Gasteiger partial charge on any atom is 0.171 e. The quantitative estimate of drug-likeness (QED) is 0.819. The van der Waals surface area contributed by atoms with E-state index in [2.05, 4.69) is 71.8 Å². The molecule has 132 valence electrons. The average Bonchev–Trinajstić information content (AvgIpc) is 2.64. The van der Waals surface area contributed by atoms with Gasteiger partial charge in [0.15, 0.2) is 5.11 Å². The van der Waals surface area contributed by atoms with E-state index in [1.165, 1.54) is 22.4 Å². The number of nitrogens with zero attached hydrogens (tertiary/aromatic N) is 1. The molecular formula is C20H25N3OS. The van der Waals surface area contributed by atoms with E-state index >= 15 is 0 Å². The summed E-state index contributed by atoms with van der Waals surface area (Å²) in [6, 6.07) is 15.0. The molecule has 4 nitrogen and oxygen atoms in total. The van der Waals surface area contributed by atoms with E-state index in [0.717, 1.165) is 32.0 Å². The SMILES string of the molecule is Cc1ccc(C)c(NC(=S)NCc2ccc(N3CCOCC3)cc2)c1. The van der Waals surface area contributed by atoms with Crippen LogP contribution in [0.5, 0.6) is 0 Å². The lowest BCUT2D eigenvalue weighted by Gasteiger charge is -2.28. The van der Waals surface area contributed by atoms with E-state index in [9.17, 15) is 0 Å². The Bertz CT molecular complexity index is 724. The maximum atomic E-state index is 5.42. The molecule has 2 aromatic rings. The third kappa shape index (κ3) is 4.94. The van der Waals surface area contributed by atoms with E-state index < -0.39 is 0 Å². The summed E-state index contributed by atoms with van der Waals surface area (Å²) in [5.74, 6) is 0. The highest BCUT2D eigenvalue weighted by molar-refractivity contribution is 7.80. The van der Waals surface area contributed by atoms with Gasteiger partial charge in [0.05, 0.1) is 13.2 Å². The van der Waals surface area contributed by atoms with Crippen molar-refractivity contribution in [3.63, 3.8) is 0 Å². The lowest BCUT2D eigenvalue weighted by atomic mass is 10.1. The van der Waals surface area contributed by atoms with Crippen molar-refractivity contribution in [2.24, 2.45) is 0 Å². The summed E-state index contributed by atoms with van der Waals surface area (Å²) in [7, 11) is 0. The Labute approximate surface area is 155 Å². The van der Waals surface area contributed by atoms with E-state index in [-0.39, 0.29) is 0 Å². The molecule has 1 fully saturated rings. The molecule has 1 heterocycles. The van der Waals surface area contributed by atoms with Crippen molar-refractivity contribution in [3.05, 3.63) is 59.2 Å². The lowest BCUT2D eigenvalue weighted by molar-refractivity contribution is 0.122. The standard InChI is InChI=1S/C20H25N3OS/c1-15-3-4-16(2)19(13-15)22-20(25)21-14-17-5-7-18(8-6-17)23-9-11-24-12-10-23/h3-8,13H,9-12,14H2,1-2H3,(H2,21,22,25). The van der Waals surface area contributed by atoms with Gasteiger partial charge >= 0.3 is 0 Å². The minimum absolute atomic E-state index is 0.644. The first-order valence-electron chi connectivity index (χ1n) is 8.65. The van der Waals surface area contributed by atoms with Crippen LogP contribution in [0.2, 0.25) is 0 Å². The molecule has 2 aromatic carbocycles. The summed E-state index contributed by atoms with van der Waals surface area (Å²) in [4.78, 5) is 2.35. The van der Waals surface area contributed by atoms with E-state index in [0.29, 0.717) is 11.7 Å². The van der Waals surface area contributed by atoms with Crippen molar-refractivity contribution in [1.82, 2.24) is 5.32 Å². The minimum Gasteiger partial charge on any atom is -0.378 e. The Kier molecular flexibility index (Phi) is 5.89. The molecule has 5 heteroatoms. The third-order valence-corrected chi connectivity index (χ3v) is 4.65. The van der Waals surface area contributed by atoms with Crippen molar-refractivity contribution in [3.8, 4) is 0 Å². The average molecular weight is 356 g/mol. The molecule has 0 aliphatic carbocycles. The number of nitrogens with one attached hydrogen (secondary N) is 2. The highest BCUT2D eigenvalue weighted by atomic mass is 32.1. The Morgan fingerprint density at radius 1 is 1.08 bits per heavy atom. The van der Waals surface area contributed by atoms with Crippen LogP contribution in [-0.4, -0.2) is 31.4 Å². The molecule has 1 aliphatic rings. The van der Waals surface area contributed by atoms with Gasteiger partial charge in [-0.05, 0) is 61.0 Å². The Morgan fingerprint density at radius 3 is 2.52 bits per heavy atom. The van der Waals surface area contributed by atoms with Gasteiger partial charge in [-0.15, -0.1) is 0 Å². The lowest BCUT2D eigenvalue weighted by Crippen LogP contribution is -2.36. The van der Waals surface area contributed by atoms with Crippen LogP contribution in [0.25, 0.3) is 0 Å². The second-order valence-corrected chi connectivity index (χ2v) is 6.80. The van der Waals surface area contributed by atoms with Crippen LogP contribution in [-0.2, 0) is 11.3 Å². The zero-order chi connectivity index (χ0) is 17.6. The molecule has 0 atom stereocenters. The number of rotatable bonds is 4. The number of aryl methyl sites for hydroxylation is 2. The van der Waals surface area contributed by atoms with Gasteiger partial charge in [-0.25, -0.2) is 0 Å². The molecule has 0 unspecified atom stereocenters. The smallest absolute Gasteiger partial charge is 0.171 e. The van der Waals surface area contributed by atoms with Crippen molar-refractivity contribution >= 4 is 28.7 Å². The first-order chi connectivity index (χ1) is 12.1. The minimum atomic E-state index is 0.644. The first-order valence-corrected chi connectivity index (χ1v) is 9.06. The topological polar surface area (TPSA) is 36.5 Å². The van der Waals surface area contributed by atoms with E-state index in [1.807, 2.05) is 0 Å². The molecule has 0 spiro atoms. The Balaban J connectivity index is 1.52. The van der Waals surface area contributed by atoms with Crippen molar-refractivity contribution in [2.45, 2.75) is 20.4 Å². The predicted octanol–water partition coefficient (Wildman–Crippen LogP) is 3.63. The first kappa shape index (κ1) is 17.7. The molecule has 1 saturated heterocycles. The van der Waals surface area contributed by atoms with Crippen LogP contribution in [0.1, 0.15) is 16.7 Å². The molecule has 0 bridgehead atoms. The molecule has 0 saturated carbocycles. The summed E-state index contributed by atoms with van der Waals surface area (Å²) >= 11 is 5.42. The second kappa shape index (κ2) is 8.32. The fourth-order valence-corrected chi connectivity index (χ4v) is 3.05. The van der Waals surface area contributed by atoms with Gasteiger partial charge in [-0.2, -0.15) is 0 Å². The molecule has 3 rings (SSSR count). The van der Waals surface area contributed by atoms with Gasteiger partial charge in [0.2, 0.25) is 0 Å². The summed E-state index contributed by atoms with van der Waals surface area (Å²) in [5, 5.41) is 7.21. The van der Waals surface area contributed by atoms with Gasteiger partial charge in [-0.3, -0.25) is 0 Å². The van der Waals surface area contributed by atoms with Crippen LogP contribution in [0.15, 0.2) is 42.5 Å². The highest BCUT2D eigenvalue weighted by Gasteiger charge is 2.10. The number of anilines is 2. The number of morpholine rings is 1. The molecule has 0 radical (unpaired) electrons. The van der Waals surface area contributed by atoms with Crippen molar-refractivity contribution < 1.29 is 4.74 Å². The molecule has 0 amide bonds. The number of ether oxygens (including phenoxy) is 1. The van der Waals surface area contributed by atoms with Gasteiger partial charge in [0.1, 0.15) is 0 Å². The van der Waals surface area contributed by atoms with Crippen LogP contribution >= 0.6 is 12.2 Å². The number of benzene rings is 2. The summed E-state index contributed by atoms with van der Waals surface area (Å²) in [6.45, 7) is 8.40. The summed E-state index contributed by atoms with van der Waals surface area (Å²) in [5.41, 5.74) is 5.92. The van der Waals surface area contributed by atoms with Crippen LogP contribution in [0.3, 0.4) is 0 Å². The van der Waals surface area contributed by atoms with Gasteiger partial charge < -0.3 is 20.3 Å².